The number of carbonyl (C=O) groups is 2. The highest BCUT2D eigenvalue weighted by Gasteiger charge is 2.27. The summed E-state index contributed by atoms with van der Waals surface area (Å²) in [5.74, 6) is -0.794. The minimum absolute atomic E-state index is 0.441. The maximum Gasteiger partial charge on any atom is 0.328 e. The molecule has 0 aromatic carbocycles. The van der Waals surface area contributed by atoms with Crippen molar-refractivity contribution >= 4 is 12.0 Å². The molecule has 1 heterocycles. The molecule has 0 aromatic rings. The zero-order chi connectivity index (χ0) is 15.3. The van der Waals surface area contributed by atoms with Crippen LogP contribution in [-0.2, 0) is 4.79 Å². The molecule has 2 amide bonds. The molecule has 0 spiro atoms. The molecule has 0 aromatic heterocycles. The predicted octanol–water partition coefficient (Wildman–Crippen LogP) is -0.196. The summed E-state index contributed by atoms with van der Waals surface area (Å²) in [6.07, 6.45) is 0.938. The van der Waals surface area contributed by atoms with E-state index in [2.05, 4.69) is 17.3 Å². The molecule has 1 saturated heterocycles. The van der Waals surface area contributed by atoms with Crippen molar-refractivity contribution in [3.05, 3.63) is 0 Å². The number of aliphatic hydroxyl groups is 1. The second-order valence-corrected chi connectivity index (χ2v) is 5.63. The Morgan fingerprint density at radius 1 is 1.40 bits per heavy atom. The second kappa shape index (κ2) is 7.44. The van der Waals surface area contributed by atoms with E-state index in [1.165, 1.54) is 11.8 Å². The topological polar surface area (TPSA) is 93.1 Å². The van der Waals surface area contributed by atoms with Gasteiger partial charge in [-0.15, -0.1) is 0 Å². The van der Waals surface area contributed by atoms with Crippen molar-refractivity contribution in [2.24, 2.45) is 5.92 Å². The lowest BCUT2D eigenvalue weighted by Crippen LogP contribution is -2.52. The third kappa shape index (κ3) is 4.97. The second-order valence-electron chi connectivity index (χ2n) is 5.63. The molecule has 1 aliphatic heterocycles. The first-order valence-electron chi connectivity index (χ1n) is 6.92. The van der Waals surface area contributed by atoms with E-state index in [9.17, 15) is 14.7 Å². The lowest BCUT2D eigenvalue weighted by atomic mass is 9.97. The van der Waals surface area contributed by atoms with E-state index in [1.54, 1.807) is 7.05 Å². The van der Waals surface area contributed by atoms with Crippen LogP contribution < -0.4 is 5.32 Å². The molecule has 0 radical (unpaired) electrons. The SMILES string of the molecule is CC(O)C(NC(=O)N(C)CC1CCN(C)CC1)C(=O)O. The molecule has 1 rings (SSSR count). The van der Waals surface area contributed by atoms with Crippen LogP contribution in [0.3, 0.4) is 0 Å². The van der Waals surface area contributed by atoms with Gasteiger partial charge >= 0.3 is 12.0 Å². The number of hydrogen-bond acceptors (Lipinski definition) is 4. The van der Waals surface area contributed by atoms with Crippen molar-refractivity contribution in [3.8, 4) is 0 Å². The van der Waals surface area contributed by atoms with E-state index in [0.717, 1.165) is 25.9 Å². The fraction of sp³-hybridized carbons (Fsp3) is 0.846. The monoisotopic (exact) mass is 287 g/mol. The number of aliphatic hydroxyl groups excluding tert-OH is 1. The lowest BCUT2D eigenvalue weighted by molar-refractivity contribution is -0.141. The van der Waals surface area contributed by atoms with Gasteiger partial charge in [0.15, 0.2) is 6.04 Å². The maximum absolute atomic E-state index is 11.9. The van der Waals surface area contributed by atoms with E-state index >= 15 is 0 Å². The fourth-order valence-electron chi connectivity index (χ4n) is 2.35. The van der Waals surface area contributed by atoms with Gasteiger partial charge in [0.05, 0.1) is 6.10 Å². The number of rotatable bonds is 5. The Bertz CT molecular complexity index is 341. The van der Waals surface area contributed by atoms with Crippen LogP contribution in [0.2, 0.25) is 0 Å². The van der Waals surface area contributed by atoms with E-state index < -0.39 is 24.1 Å². The highest BCUT2D eigenvalue weighted by molar-refractivity contribution is 5.82. The summed E-state index contributed by atoms with van der Waals surface area (Å²) in [5.41, 5.74) is 0. The minimum atomic E-state index is -1.28. The zero-order valence-electron chi connectivity index (χ0n) is 12.4. The third-order valence-electron chi connectivity index (χ3n) is 3.74. The van der Waals surface area contributed by atoms with E-state index in [1.807, 2.05) is 0 Å². The average Bonchev–Trinajstić information content (AvgIpc) is 2.37. The van der Waals surface area contributed by atoms with Crippen molar-refractivity contribution in [2.45, 2.75) is 31.9 Å². The number of aliphatic carboxylic acids is 1. The summed E-state index contributed by atoms with van der Waals surface area (Å²) in [7, 11) is 3.72. The van der Waals surface area contributed by atoms with Gasteiger partial charge in [-0.05, 0) is 45.8 Å². The number of likely N-dealkylation sites (tertiary alicyclic amines) is 1. The van der Waals surface area contributed by atoms with Gasteiger partial charge in [-0.25, -0.2) is 9.59 Å². The van der Waals surface area contributed by atoms with Crippen LogP contribution >= 0.6 is 0 Å². The van der Waals surface area contributed by atoms with Gasteiger partial charge in [0.1, 0.15) is 0 Å². The lowest BCUT2D eigenvalue weighted by Gasteiger charge is -2.32. The summed E-state index contributed by atoms with van der Waals surface area (Å²) in [6.45, 7) is 3.99. The summed E-state index contributed by atoms with van der Waals surface area (Å²) >= 11 is 0. The molecule has 1 aliphatic rings. The van der Waals surface area contributed by atoms with Crippen molar-refractivity contribution in [1.82, 2.24) is 15.1 Å². The highest BCUT2D eigenvalue weighted by Crippen LogP contribution is 2.16. The largest absolute Gasteiger partial charge is 0.480 e. The van der Waals surface area contributed by atoms with Crippen LogP contribution in [0.1, 0.15) is 19.8 Å². The summed E-state index contributed by atoms with van der Waals surface area (Å²) in [6, 6.07) is -1.74. The number of carbonyl (C=O) groups excluding carboxylic acids is 1. The van der Waals surface area contributed by atoms with Crippen LogP contribution in [0, 0.1) is 5.92 Å². The molecule has 3 N–H and O–H groups in total. The van der Waals surface area contributed by atoms with Crippen LogP contribution in [0.5, 0.6) is 0 Å². The molecule has 0 saturated carbocycles. The number of amides is 2. The first-order chi connectivity index (χ1) is 9.31. The average molecular weight is 287 g/mol. The van der Waals surface area contributed by atoms with Gasteiger partial charge in [-0.1, -0.05) is 0 Å². The molecule has 20 heavy (non-hydrogen) atoms. The Morgan fingerprint density at radius 3 is 2.40 bits per heavy atom. The first kappa shape index (κ1) is 16.7. The van der Waals surface area contributed by atoms with Gasteiger partial charge in [-0.3, -0.25) is 0 Å². The fourth-order valence-corrected chi connectivity index (χ4v) is 2.35. The summed E-state index contributed by atoms with van der Waals surface area (Å²) < 4.78 is 0. The number of piperidine rings is 1. The number of nitrogens with zero attached hydrogens (tertiary/aromatic N) is 2. The maximum atomic E-state index is 11.9. The molecule has 7 heteroatoms. The van der Waals surface area contributed by atoms with Crippen molar-refractivity contribution < 1.29 is 19.8 Å². The number of nitrogens with one attached hydrogen (secondary N) is 1. The summed E-state index contributed by atoms with van der Waals surface area (Å²) in [4.78, 5) is 26.6. The van der Waals surface area contributed by atoms with Gasteiger partial charge in [0, 0.05) is 13.6 Å². The quantitative estimate of drug-likeness (QED) is 0.651. The molecule has 0 aliphatic carbocycles. The van der Waals surface area contributed by atoms with Crippen molar-refractivity contribution in [2.75, 3.05) is 33.7 Å². The number of carboxylic acid groups (broad SMARTS) is 1. The van der Waals surface area contributed by atoms with E-state index in [4.69, 9.17) is 5.11 Å². The van der Waals surface area contributed by atoms with Crippen molar-refractivity contribution in [1.29, 1.82) is 0 Å². The van der Waals surface area contributed by atoms with Gasteiger partial charge in [0.25, 0.3) is 0 Å². The van der Waals surface area contributed by atoms with Crippen LogP contribution in [-0.4, -0.2) is 77.9 Å². The zero-order valence-corrected chi connectivity index (χ0v) is 12.4. The normalized spacial score (nSPS) is 20.2. The van der Waals surface area contributed by atoms with E-state index in [0.29, 0.717) is 12.5 Å². The van der Waals surface area contributed by atoms with Crippen molar-refractivity contribution in [3.63, 3.8) is 0 Å². The van der Waals surface area contributed by atoms with E-state index in [-0.39, 0.29) is 0 Å². The van der Waals surface area contributed by atoms with Crippen LogP contribution in [0.15, 0.2) is 0 Å². The molecule has 2 unspecified atom stereocenters. The molecule has 116 valence electrons. The minimum Gasteiger partial charge on any atom is -0.480 e. The molecule has 0 bridgehead atoms. The Labute approximate surface area is 119 Å². The Kier molecular flexibility index (Phi) is 6.22. The summed E-state index contributed by atoms with van der Waals surface area (Å²) in [5, 5.41) is 20.6. The molecular weight excluding hydrogens is 262 g/mol. The number of hydrogen-bond donors (Lipinski definition) is 3. The number of carboxylic acids is 1. The highest BCUT2D eigenvalue weighted by atomic mass is 16.4. The molecule has 7 nitrogen and oxygen atoms in total. The predicted molar refractivity (Wildman–Crippen MR) is 74.5 cm³/mol. The molecule has 2 atom stereocenters. The van der Waals surface area contributed by atoms with Gasteiger partial charge in [0.2, 0.25) is 0 Å². The Morgan fingerprint density at radius 2 is 1.95 bits per heavy atom. The van der Waals surface area contributed by atoms with Crippen LogP contribution in [0.4, 0.5) is 4.79 Å². The Hall–Kier alpha value is -1.34. The number of urea groups is 1. The molecule has 1 fully saturated rings. The smallest absolute Gasteiger partial charge is 0.328 e. The third-order valence-corrected chi connectivity index (χ3v) is 3.74. The first-order valence-corrected chi connectivity index (χ1v) is 6.92. The van der Waals surface area contributed by atoms with Crippen LogP contribution in [0.25, 0.3) is 0 Å². The Balaban J connectivity index is 2.44. The van der Waals surface area contributed by atoms with Gasteiger partial charge < -0.3 is 25.3 Å². The standard InChI is InChI=1S/C13H25N3O4/c1-9(17)11(12(18)19)14-13(20)16(3)8-10-4-6-15(2)7-5-10/h9-11,17H,4-8H2,1-3H3,(H,14,20)(H,18,19). The molecular formula is C13H25N3O4. The van der Waals surface area contributed by atoms with Gasteiger partial charge in [-0.2, -0.15) is 0 Å².